The lowest BCUT2D eigenvalue weighted by atomic mass is 10.2. The Labute approximate surface area is 112 Å². The van der Waals surface area contributed by atoms with Gasteiger partial charge < -0.3 is 15.8 Å². The molecule has 3 N–H and O–H groups in total. The average Bonchev–Trinajstić information content (AvgIpc) is 2.30. The van der Waals surface area contributed by atoms with Crippen LogP contribution in [0.1, 0.15) is 25.8 Å². The van der Waals surface area contributed by atoms with Gasteiger partial charge in [0.2, 0.25) is 5.91 Å². The van der Waals surface area contributed by atoms with Crippen molar-refractivity contribution in [3.05, 3.63) is 28.8 Å². The highest BCUT2D eigenvalue weighted by molar-refractivity contribution is 6.30. The Morgan fingerprint density at radius 3 is 2.83 bits per heavy atom. The van der Waals surface area contributed by atoms with Gasteiger partial charge in [-0.2, -0.15) is 0 Å². The van der Waals surface area contributed by atoms with Gasteiger partial charge in [-0.1, -0.05) is 11.6 Å². The highest BCUT2D eigenvalue weighted by Crippen LogP contribution is 2.22. The summed E-state index contributed by atoms with van der Waals surface area (Å²) in [5.41, 5.74) is 6.44. The summed E-state index contributed by atoms with van der Waals surface area (Å²) in [4.78, 5) is 11.4. The second-order valence-electron chi connectivity index (χ2n) is 4.28. The Kier molecular flexibility index (Phi) is 5.95. The largest absolute Gasteiger partial charge is 0.493 e. The van der Waals surface area contributed by atoms with E-state index in [2.05, 4.69) is 5.32 Å². The third-order valence-corrected chi connectivity index (χ3v) is 2.51. The van der Waals surface area contributed by atoms with Crippen molar-refractivity contribution in [3.63, 3.8) is 0 Å². The zero-order valence-electron chi connectivity index (χ0n) is 10.7. The molecule has 0 aliphatic heterocycles. The first kappa shape index (κ1) is 14.8. The lowest BCUT2D eigenvalue weighted by Crippen LogP contribution is -2.31. The average molecular weight is 271 g/mol. The lowest BCUT2D eigenvalue weighted by molar-refractivity contribution is -0.122. The van der Waals surface area contributed by atoms with Gasteiger partial charge in [-0.05, 0) is 32.0 Å². The van der Waals surface area contributed by atoms with E-state index in [9.17, 15) is 4.79 Å². The van der Waals surface area contributed by atoms with Crippen LogP contribution in [-0.2, 0) is 11.3 Å². The quantitative estimate of drug-likeness (QED) is 0.832. The van der Waals surface area contributed by atoms with E-state index >= 15 is 0 Å². The van der Waals surface area contributed by atoms with E-state index in [0.29, 0.717) is 30.3 Å². The van der Waals surface area contributed by atoms with Gasteiger partial charge in [0.25, 0.3) is 0 Å². The van der Waals surface area contributed by atoms with Crippen LogP contribution in [0.2, 0.25) is 5.02 Å². The molecule has 5 heteroatoms. The van der Waals surface area contributed by atoms with E-state index in [-0.39, 0.29) is 11.9 Å². The Balaban J connectivity index is 2.46. The Bertz CT molecular complexity index is 408. The molecule has 0 saturated carbocycles. The second-order valence-corrected chi connectivity index (χ2v) is 4.71. The molecule has 0 aliphatic carbocycles. The highest BCUT2D eigenvalue weighted by Gasteiger charge is 2.06. The molecule has 0 spiro atoms. The molecular weight excluding hydrogens is 252 g/mol. The van der Waals surface area contributed by atoms with E-state index in [4.69, 9.17) is 22.1 Å². The van der Waals surface area contributed by atoms with Crippen LogP contribution in [0.15, 0.2) is 18.2 Å². The number of hydrogen-bond acceptors (Lipinski definition) is 3. The van der Waals surface area contributed by atoms with Crippen LogP contribution in [-0.4, -0.2) is 18.6 Å². The first-order valence-electron chi connectivity index (χ1n) is 5.93. The predicted octanol–water partition coefficient (Wildman–Crippen LogP) is 2.09. The Hall–Kier alpha value is -1.26. The highest BCUT2D eigenvalue weighted by atomic mass is 35.5. The van der Waals surface area contributed by atoms with Crippen LogP contribution in [0.3, 0.4) is 0 Å². The molecule has 0 saturated heterocycles. The standard InChI is InChI=1S/C13H19ClN2O2/c1-9(2)16-13(17)5-6-18-12-4-3-11(14)7-10(12)8-15/h3-4,7,9H,5-6,8,15H2,1-2H3,(H,16,17). The predicted molar refractivity (Wildman–Crippen MR) is 72.7 cm³/mol. The number of halogens is 1. The number of nitrogens with one attached hydrogen (secondary N) is 1. The van der Waals surface area contributed by atoms with Crippen LogP contribution in [0.5, 0.6) is 5.75 Å². The van der Waals surface area contributed by atoms with Crippen molar-refractivity contribution in [2.24, 2.45) is 5.73 Å². The first-order chi connectivity index (χ1) is 8.52. The monoisotopic (exact) mass is 270 g/mol. The summed E-state index contributed by atoms with van der Waals surface area (Å²) >= 11 is 5.86. The van der Waals surface area contributed by atoms with Gasteiger partial charge in [-0.3, -0.25) is 4.79 Å². The summed E-state index contributed by atoms with van der Waals surface area (Å²) < 4.78 is 5.54. The number of benzene rings is 1. The molecule has 0 radical (unpaired) electrons. The summed E-state index contributed by atoms with van der Waals surface area (Å²) in [6, 6.07) is 5.42. The number of carbonyl (C=O) groups excluding carboxylic acids is 1. The fourth-order valence-corrected chi connectivity index (χ4v) is 1.69. The van der Waals surface area contributed by atoms with E-state index in [1.165, 1.54) is 0 Å². The molecule has 0 heterocycles. The minimum atomic E-state index is -0.0201. The third kappa shape index (κ3) is 4.94. The van der Waals surface area contributed by atoms with Crippen LogP contribution >= 0.6 is 11.6 Å². The molecule has 1 aromatic carbocycles. The van der Waals surface area contributed by atoms with Crippen LogP contribution < -0.4 is 15.8 Å². The summed E-state index contributed by atoms with van der Waals surface area (Å²) in [6.07, 6.45) is 0.324. The minimum absolute atomic E-state index is 0.0201. The zero-order valence-corrected chi connectivity index (χ0v) is 11.5. The number of carbonyl (C=O) groups is 1. The molecule has 0 atom stereocenters. The van der Waals surface area contributed by atoms with E-state index in [0.717, 1.165) is 5.56 Å². The molecule has 1 aromatic rings. The van der Waals surface area contributed by atoms with Gasteiger partial charge in [0.15, 0.2) is 0 Å². The summed E-state index contributed by atoms with van der Waals surface area (Å²) in [5.74, 6) is 0.660. The van der Waals surface area contributed by atoms with E-state index < -0.39 is 0 Å². The van der Waals surface area contributed by atoms with Crippen molar-refractivity contribution >= 4 is 17.5 Å². The fourth-order valence-electron chi connectivity index (χ4n) is 1.50. The Morgan fingerprint density at radius 2 is 2.22 bits per heavy atom. The molecule has 0 fully saturated rings. The number of hydrogen-bond donors (Lipinski definition) is 2. The van der Waals surface area contributed by atoms with Crippen LogP contribution in [0.4, 0.5) is 0 Å². The molecule has 4 nitrogen and oxygen atoms in total. The van der Waals surface area contributed by atoms with Gasteiger partial charge >= 0.3 is 0 Å². The normalized spacial score (nSPS) is 10.5. The van der Waals surface area contributed by atoms with Crippen LogP contribution in [0, 0.1) is 0 Å². The topological polar surface area (TPSA) is 64.3 Å². The van der Waals surface area contributed by atoms with Crippen LogP contribution in [0.25, 0.3) is 0 Å². The number of amides is 1. The molecule has 0 unspecified atom stereocenters. The molecular formula is C13H19ClN2O2. The molecule has 0 aromatic heterocycles. The molecule has 100 valence electrons. The van der Waals surface area contributed by atoms with Gasteiger partial charge in [-0.15, -0.1) is 0 Å². The van der Waals surface area contributed by atoms with Gasteiger partial charge in [0.1, 0.15) is 5.75 Å². The fraction of sp³-hybridized carbons (Fsp3) is 0.462. The van der Waals surface area contributed by atoms with Crippen molar-refractivity contribution in [1.82, 2.24) is 5.32 Å². The molecule has 0 bridgehead atoms. The van der Waals surface area contributed by atoms with Crippen molar-refractivity contribution in [3.8, 4) is 5.75 Å². The van der Waals surface area contributed by atoms with Gasteiger partial charge in [-0.25, -0.2) is 0 Å². The molecule has 0 aliphatic rings. The maximum Gasteiger partial charge on any atom is 0.223 e. The van der Waals surface area contributed by atoms with Crippen molar-refractivity contribution in [2.45, 2.75) is 32.9 Å². The maximum atomic E-state index is 11.4. The van der Waals surface area contributed by atoms with Crippen molar-refractivity contribution < 1.29 is 9.53 Å². The van der Waals surface area contributed by atoms with E-state index in [1.807, 2.05) is 13.8 Å². The van der Waals surface area contributed by atoms with E-state index in [1.54, 1.807) is 18.2 Å². The van der Waals surface area contributed by atoms with Gasteiger partial charge in [0.05, 0.1) is 13.0 Å². The summed E-state index contributed by atoms with van der Waals surface area (Å²) in [5, 5.41) is 3.43. The third-order valence-electron chi connectivity index (χ3n) is 2.28. The second kappa shape index (κ2) is 7.24. The minimum Gasteiger partial charge on any atom is -0.493 e. The van der Waals surface area contributed by atoms with Gasteiger partial charge in [0, 0.05) is 23.2 Å². The summed E-state index contributed by atoms with van der Waals surface area (Å²) in [7, 11) is 0. The number of ether oxygens (including phenoxy) is 1. The lowest BCUT2D eigenvalue weighted by Gasteiger charge is -2.12. The number of rotatable bonds is 6. The Morgan fingerprint density at radius 1 is 1.50 bits per heavy atom. The van der Waals surface area contributed by atoms with Crippen molar-refractivity contribution in [2.75, 3.05) is 6.61 Å². The smallest absolute Gasteiger partial charge is 0.223 e. The molecule has 18 heavy (non-hydrogen) atoms. The SMILES string of the molecule is CC(C)NC(=O)CCOc1ccc(Cl)cc1CN. The zero-order chi connectivity index (χ0) is 13.5. The first-order valence-corrected chi connectivity index (χ1v) is 6.31. The molecule has 1 amide bonds. The summed E-state index contributed by atoms with van der Waals surface area (Å²) in [6.45, 7) is 4.52. The molecule has 1 rings (SSSR count). The maximum absolute atomic E-state index is 11.4. The number of nitrogens with two attached hydrogens (primary N) is 1. The van der Waals surface area contributed by atoms with Crippen molar-refractivity contribution in [1.29, 1.82) is 0 Å².